The van der Waals surface area contributed by atoms with Gasteiger partial charge in [0.1, 0.15) is 0 Å². The van der Waals surface area contributed by atoms with Gasteiger partial charge in [0, 0.05) is 38.5 Å². The van der Waals surface area contributed by atoms with E-state index in [2.05, 4.69) is 41.8 Å². The van der Waals surface area contributed by atoms with Crippen molar-refractivity contribution in [2.45, 2.75) is 23.3 Å². The molecular formula is C25H20ClNO2S. The molecule has 0 saturated carbocycles. The second-order valence-electron chi connectivity index (χ2n) is 6.99. The molecule has 0 saturated heterocycles. The summed E-state index contributed by atoms with van der Waals surface area (Å²) in [5, 5.41) is 10.7. The molecule has 0 amide bonds. The fourth-order valence-corrected chi connectivity index (χ4v) is 4.77. The molecule has 1 heterocycles. The van der Waals surface area contributed by atoms with Crippen LogP contribution in [0.4, 0.5) is 0 Å². The topological polar surface area (TPSA) is 42.2 Å². The summed E-state index contributed by atoms with van der Waals surface area (Å²) >= 11 is 8.00. The third-order valence-corrected chi connectivity index (χ3v) is 6.35. The first-order valence-electron chi connectivity index (χ1n) is 9.52. The van der Waals surface area contributed by atoms with Crippen molar-refractivity contribution in [2.24, 2.45) is 0 Å². The number of benzene rings is 3. The van der Waals surface area contributed by atoms with E-state index in [-0.39, 0.29) is 0 Å². The van der Waals surface area contributed by atoms with Gasteiger partial charge in [0.05, 0.1) is 5.52 Å². The fraction of sp³-hybridized carbons (Fsp3) is 0.0800. The van der Waals surface area contributed by atoms with E-state index in [0.717, 1.165) is 34.0 Å². The Morgan fingerprint density at radius 2 is 1.87 bits per heavy atom. The predicted molar refractivity (Wildman–Crippen MR) is 124 cm³/mol. The maximum absolute atomic E-state index is 10.8. The van der Waals surface area contributed by atoms with Crippen LogP contribution in [0, 0.1) is 6.92 Å². The lowest BCUT2D eigenvalue weighted by Gasteiger charge is -2.09. The molecule has 0 aliphatic carbocycles. The van der Waals surface area contributed by atoms with Gasteiger partial charge >= 0.3 is 5.97 Å². The van der Waals surface area contributed by atoms with E-state index in [1.807, 2.05) is 42.5 Å². The van der Waals surface area contributed by atoms with Crippen LogP contribution in [0.2, 0.25) is 5.02 Å². The molecule has 3 nitrogen and oxygen atoms in total. The van der Waals surface area contributed by atoms with Gasteiger partial charge in [-0.3, -0.25) is 0 Å². The molecule has 0 spiro atoms. The molecular weight excluding hydrogens is 414 g/mol. The van der Waals surface area contributed by atoms with Crippen molar-refractivity contribution >= 4 is 46.3 Å². The van der Waals surface area contributed by atoms with Crippen LogP contribution >= 0.6 is 23.4 Å². The largest absolute Gasteiger partial charge is 0.478 e. The summed E-state index contributed by atoms with van der Waals surface area (Å²) < 4.78 is 2.30. The Kier molecular flexibility index (Phi) is 5.98. The van der Waals surface area contributed by atoms with E-state index in [0.29, 0.717) is 5.02 Å². The minimum atomic E-state index is -0.954. The maximum atomic E-state index is 10.8. The van der Waals surface area contributed by atoms with Crippen molar-refractivity contribution in [3.05, 3.63) is 101 Å². The number of carboxylic acids is 1. The summed E-state index contributed by atoms with van der Waals surface area (Å²) in [5.74, 6) is -0.954. The molecule has 1 aromatic heterocycles. The molecule has 5 heteroatoms. The predicted octanol–water partition coefficient (Wildman–Crippen LogP) is 6.90. The fourth-order valence-electron chi connectivity index (χ4n) is 3.48. The highest BCUT2D eigenvalue weighted by Crippen LogP contribution is 2.39. The van der Waals surface area contributed by atoms with Crippen LogP contribution in [0.3, 0.4) is 0 Å². The molecule has 150 valence electrons. The third kappa shape index (κ3) is 4.45. The molecule has 0 aliphatic heterocycles. The van der Waals surface area contributed by atoms with Gasteiger partial charge < -0.3 is 9.67 Å². The number of aromatic nitrogens is 1. The van der Waals surface area contributed by atoms with Crippen molar-refractivity contribution < 1.29 is 9.90 Å². The standard InChI is InChI=1S/C25H20ClNO2S/c1-17-25(30-21-9-5-8-18(14-21)10-13-24(28)29)22-12-11-20(26)15-23(22)27(17)16-19-6-3-2-4-7-19/h2-15H,16H2,1H3,(H,28,29). The van der Waals surface area contributed by atoms with E-state index >= 15 is 0 Å². The Hall–Kier alpha value is -2.95. The minimum Gasteiger partial charge on any atom is -0.478 e. The molecule has 0 radical (unpaired) electrons. The normalized spacial score (nSPS) is 11.4. The Labute approximate surface area is 184 Å². The average Bonchev–Trinajstić information content (AvgIpc) is 2.98. The molecule has 0 aliphatic rings. The van der Waals surface area contributed by atoms with Gasteiger partial charge in [0.25, 0.3) is 0 Å². The molecule has 0 bridgehead atoms. The molecule has 4 rings (SSSR count). The smallest absolute Gasteiger partial charge is 0.328 e. The Bertz CT molecular complexity index is 1240. The molecule has 1 N–H and O–H groups in total. The summed E-state index contributed by atoms with van der Waals surface area (Å²) in [6.45, 7) is 2.90. The van der Waals surface area contributed by atoms with Gasteiger partial charge in [-0.2, -0.15) is 0 Å². The first-order chi connectivity index (χ1) is 14.5. The van der Waals surface area contributed by atoms with E-state index in [1.54, 1.807) is 17.8 Å². The number of aliphatic carboxylic acids is 1. The minimum absolute atomic E-state index is 0.715. The van der Waals surface area contributed by atoms with Gasteiger partial charge in [0.2, 0.25) is 0 Å². The van der Waals surface area contributed by atoms with E-state index in [1.165, 1.54) is 16.2 Å². The van der Waals surface area contributed by atoms with Crippen LogP contribution < -0.4 is 0 Å². The van der Waals surface area contributed by atoms with Gasteiger partial charge in [-0.1, -0.05) is 71.9 Å². The summed E-state index contributed by atoms with van der Waals surface area (Å²) in [6.07, 6.45) is 2.76. The highest BCUT2D eigenvalue weighted by atomic mass is 35.5. The van der Waals surface area contributed by atoms with Crippen molar-refractivity contribution in [3.8, 4) is 0 Å². The van der Waals surface area contributed by atoms with Gasteiger partial charge in [-0.05, 0) is 48.4 Å². The Morgan fingerprint density at radius 3 is 2.63 bits per heavy atom. The Morgan fingerprint density at radius 1 is 1.07 bits per heavy atom. The molecule has 3 aromatic carbocycles. The van der Waals surface area contributed by atoms with Crippen molar-refractivity contribution in [1.29, 1.82) is 0 Å². The lowest BCUT2D eigenvalue weighted by atomic mass is 10.2. The van der Waals surface area contributed by atoms with E-state index in [4.69, 9.17) is 16.7 Å². The van der Waals surface area contributed by atoms with Crippen LogP contribution in [-0.4, -0.2) is 15.6 Å². The first-order valence-corrected chi connectivity index (χ1v) is 10.7. The highest BCUT2D eigenvalue weighted by molar-refractivity contribution is 7.99. The summed E-state index contributed by atoms with van der Waals surface area (Å²) in [6, 6.07) is 24.3. The van der Waals surface area contributed by atoms with Crippen LogP contribution in [0.1, 0.15) is 16.8 Å². The number of rotatable bonds is 6. The van der Waals surface area contributed by atoms with Crippen LogP contribution in [0.15, 0.2) is 88.7 Å². The van der Waals surface area contributed by atoms with Crippen LogP contribution in [0.5, 0.6) is 0 Å². The zero-order valence-electron chi connectivity index (χ0n) is 16.4. The maximum Gasteiger partial charge on any atom is 0.328 e. The van der Waals surface area contributed by atoms with E-state index in [9.17, 15) is 4.79 Å². The lowest BCUT2D eigenvalue weighted by molar-refractivity contribution is -0.131. The number of fused-ring (bicyclic) bond motifs is 1. The second-order valence-corrected chi connectivity index (χ2v) is 8.51. The molecule has 4 aromatic rings. The SMILES string of the molecule is Cc1c(Sc2cccc(C=CC(=O)O)c2)c2ccc(Cl)cc2n1Cc1ccccc1. The summed E-state index contributed by atoms with van der Waals surface area (Å²) in [7, 11) is 0. The third-order valence-electron chi connectivity index (χ3n) is 4.91. The zero-order valence-corrected chi connectivity index (χ0v) is 18.0. The van der Waals surface area contributed by atoms with Crippen LogP contribution in [0.25, 0.3) is 17.0 Å². The molecule has 0 atom stereocenters. The lowest BCUT2D eigenvalue weighted by Crippen LogP contribution is -2.01. The Balaban J connectivity index is 1.75. The number of halogens is 1. The van der Waals surface area contributed by atoms with Crippen molar-refractivity contribution in [1.82, 2.24) is 4.57 Å². The number of carbonyl (C=O) groups is 1. The summed E-state index contributed by atoms with van der Waals surface area (Å²) in [5.41, 5.74) is 4.37. The second kappa shape index (κ2) is 8.82. The number of carboxylic acid groups (broad SMARTS) is 1. The molecule has 0 fully saturated rings. The highest BCUT2D eigenvalue weighted by Gasteiger charge is 2.16. The number of hydrogen-bond acceptors (Lipinski definition) is 2. The van der Waals surface area contributed by atoms with Crippen molar-refractivity contribution in [2.75, 3.05) is 0 Å². The first kappa shape index (κ1) is 20.3. The van der Waals surface area contributed by atoms with Crippen LogP contribution in [-0.2, 0) is 11.3 Å². The number of nitrogens with zero attached hydrogens (tertiary/aromatic N) is 1. The average molecular weight is 434 g/mol. The van der Waals surface area contributed by atoms with Gasteiger partial charge in [0.15, 0.2) is 0 Å². The molecule has 0 unspecified atom stereocenters. The quantitative estimate of drug-likeness (QED) is 0.336. The van der Waals surface area contributed by atoms with E-state index < -0.39 is 5.97 Å². The van der Waals surface area contributed by atoms with Crippen molar-refractivity contribution in [3.63, 3.8) is 0 Å². The summed E-state index contributed by atoms with van der Waals surface area (Å²) in [4.78, 5) is 13.0. The number of hydrogen-bond donors (Lipinski definition) is 1. The molecule has 30 heavy (non-hydrogen) atoms. The van der Waals surface area contributed by atoms with Gasteiger partial charge in [-0.15, -0.1) is 0 Å². The zero-order chi connectivity index (χ0) is 21.1. The monoisotopic (exact) mass is 433 g/mol. The van der Waals surface area contributed by atoms with Gasteiger partial charge in [-0.25, -0.2) is 4.79 Å².